The number of anilines is 1. The van der Waals surface area contributed by atoms with E-state index in [0.717, 1.165) is 27.8 Å². The number of rotatable bonds is 3. The van der Waals surface area contributed by atoms with Gasteiger partial charge in [0, 0.05) is 29.5 Å². The standard InChI is InChI=1S/C16H14ClN3O/c1-10-7-15(21)11(8-12(10)17)9-20-14-4-2-3-13-16(14)19-6-5-18-13/h2-8,20-21H,9H2,1H3. The van der Waals surface area contributed by atoms with Gasteiger partial charge in [0.05, 0.1) is 11.2 Å². The number of benzene rings is 2. The Labute approximate surface area is 127 Å². The molecular formula is C16H14ClN3O. The molecule has 0 amide bonds. The van der Waals surface area contributed by atoms with Crippen LogP contribution in [0.5, 0.6) is 5.75 Å². The number of hydrogen-bond acceptors (Lipinski definition) is 4. The van der Waals surface area contributed by atoms with Crippen molar-refractivity contribution < 1.29 is 5.11 Å². The maximum atomic E-state index is 9.98. The van der Waals surface area contributed by atoms with Gasteiger partial charge in [0.1, 0.15) is 11.3 Å². The SMILES string of the molecule is Cc1cc(O)c(CNc2cccc3nccnc23)cc1Cl. The predicted octanol–water partition coefficient (Wildman–Crippen LogP) is 3.91. The quantitative estimate of drug-likeness (QED) is 0.770. The molecule has 1 aromatic heterocycles. The highest BCUT2D eigenvalue weighted by Crippen LogP contribution is 2.27. The fourth-order valence-electron chi connectivity index (χ4n) is 2.17. The number of aromatic hydroxyl groups is 1. The molecule has 2 aromatic carbocycles. The van der Waals surface area contributed by atoms with E-state index in [9.17, 15) is 5.11 Å². The molecule has 4 nitrogen and oxygen atoms in total. The van der Waals surface area contributed by atoms with Crippen LogP contribution in [0, 0.1) is 6.92 Å². The lowest BCUT2D eigenvalue weighted by atomic mass is 10.1. The van der Waals surface area contributed by atoms with Crippen molar-refractivity contribution in [1.29, 1.82) is 0 Å². The van der Waals surface area contributed by atoms with Crippen LogP contribution in [0.3, 0.4) is 0 Å². The van der Waals surface area contributed by atoms with E-state index in [1.807, 2.05) is 25.1 Å². The number of hydrogen-bond donors (Lipinski definition) is 2. The monoisotopic (exact) mass is 299 g/mol. The van der Waals surface area contributed by atoms with Gasteiger partial charge in [-0.3, -0.25) is 9.97 Å². The minimum atomic E-state index is 0.232. The third kappa shape index (κ3) is 2.76. The van der Waals surface area contributed by atoms with Crippen LogP contribution in [0.25, 0.3) is 11.0 Å². The Kier molecular flexibility index (Phi) is 3.62. The van der Waals surface area contributed by atoms with Gasteiger partial charge in [-0.15, -0.1) is 0 Å². The van der Waals surface area contributed by atoms with Crippen LogP contribution >= 0.6 is 11.6 Å². The normalized spacial score (nSPS) is 10.8. The number of phenols is 1. The van der Waals surface area contributed by atoms with Crippen molar-refractivity contribution >= 4 is 28.3 Å². The van der Waals surface area contributed by atoms with Crippen LogP contribution < -0.4 is 5.32 Å². The van der Waals surface area contributed by atoms with Crippen molar-refractivity contribution in [2.45, 2.75) is 13.5 Å². The van der Waals surface area contributed by atoms with Gasteiger partial charge in [-0.2, -0.15) is 0 Å². The highest BCUT2D eigenvalue weighted by Gasteiger charge is 2.07. The summed E-state index contributed by atoms with van der Waals surface area (Å²) in [5.41, 5.74) is 4.10. The number of para-hydroxylation sites is 1. The zero-order valence-electron chi connectivity index (χ0n) is 11.5. The summed E-state index contributed by atoms with van der Waals surface area (Å²) in [6, 6.07) is 9.21. The third-order valence-electron chi connectivity index (χ3n) is 3.33. The zero-order chi connectivity index (χ0) is 14.8. The molecule has 0 saturated carbocycles. The van der Waals surface area contributed by atoms with Crippen LogP contribution in [0.4, 0.5) is 5.69 Å². The summed E-state index contributed by atoms with van der Waals surface area (Å²) >= 11 is 6.10. The maximum Gasteiger partial charge on any atom is 0.120 e. The first-order chi connectivity index (χ1) is 10.1. The van der Waals surface area contributed by atoms with E-state index >= 15 is 0 Å². The third-order valence-corrected chi connectivity index (χ3v) is 3.74. The van der Waals surface area contributed by atoms with Crippen molar-refractivity contribution in [3.8, 4) is 5.75 Å². The molecule has 21 heavy (non-hydrogen) atoms. The molecule has 3 rings (SSSR count). The van der Waals surface area contributed by atoms with Crippen molar-refractivity contribution in [2.24, 2.45) is 0 Å². The summed E-state index contributed by atoms with van der Waals surface area (Å²) in [7, 11) is 0. The van der Waals surface area contributed by atoms with Gasteiger partial charge in [-0.25, -0.2) is 0 Å². The van der Waals surface area contributed by atoms with Gasteiger partial charge in [0.25, 0.3) is 0 Å². The van der Waals surface area contributed by atoms with Crippen molar-refractivity contribution in [2.75, 3.05) is 5.32 Å². The minimum absolute atomic E-state index is 0.232. The maximum absolute atomic E-state index is 9.98. The number of nitrogens with zero attached hydrogens (tertiary/aromatic N) is 2. The second kappa shape index (κ2) is 5.58. The molecule has 0 unspecified atom stereocenters. The average Bonchev–Trinajstić information content (AvgIpc) is 2.49. The van der Waals surface area contributed by atoms with Crippen molar-refractivity contribution in [1.82, 2.24) is 9.97 Å². The average molecular weight is 300 g/mol. The van der Waals surface area contributed by atoms with Crippen LogP contribution in [0.2, 0.25) is 5.02 Å². The van der Waals surface area contributed by atoms with Gasteiger partial charge in [-0.1, -0.05) is 17.7 Å². The summed E-state index contributed by atoms with van der Waals surface area (Å²) in [6.45, 7) is 2.32. The Morgan fingerprint density at radius 3 is 2.86 bits per heavy atom. The van der Waals surface area contributed by atoms with Gasteiger partial charge in [-0.05, 0) is 36.8 Å². The van der Waals surface area contributed by atoms with Gasteiger partial charge in [0.15, 0.2) is 0 Å². The van der Waals surface area contributed by atoms with Crippen LogP contribution in [-0.2, 0) is 6.54 Å². The van der Waals surface area contributed by atoms with E-state index < -0.39 is 0 Å². The fraction of sp³-hybridized carbons (Fsp3) is 0.125. The van der Waals surface area contributed by atoms with Crippen LogP contribution in [0.1, 0.15) is 11.1 Å². The predicted molar refractivity (Wildman–Crippen MR) is 84.7 cm³/mol. The fourth-order valence-corrected chi connectivity index (χ4v) is 2.36. The summed E-state index contributed by atoms with van der Waals surface area (Å²) in [5, 5.41) is 13.9. The van der Waals surface area contributed by atoms with Gasteiger partial charge < -0.3 is 10.4 Å². The Balaban J connectivity index is 1.89. The lowest BCUT2D eigenvalue weighted by Crippen LogP contribution is -2.01. The van der Waals surface area contributed by atoms with Crippen molar-refractivity contribution in [3.05, 3.63) is 58.9 Å². The Bertz CT molecular complexity index is 799. The second-order valence-electron chi connectivity index (χ2n) is 4.81. The molecule has 0 aliphatic heterocycles. The van der Waals surface area contributed by atoms with E-state index in [0.29, 0.717) is 11.6 Å². The molecule has 3 aromatic rings. The van der Waals surface area contributed by atoms with E-state index in [1.165, 1.54) is 0 Å². The number of nitrogens with one attached hydrogen (secondary N) is 1. The Morgan fingerprint density at radius 2 is 2.00 bits per heavy atom. The number of phenolic OH excluding ortho intramolecular Hbond substituents is 1. The van der Waals surface area contributed by atoms with E-state index in [2.05, 4.69) is 15.3 Å². The molecular weight excluding hydrogens is 286 g/mol. The zero-order valence-corrected chi connectivity index (χ0v) is 12.2. The van der Waals surface area contributed by atoms with E-state index in [1.54, 1.807) is 24.5 Å². The molecule has 0 fully saturated rings. The smallest absolute Gasteiger partial charge is 0.120 e. The Hall–Kier alpha value is -2.33. The van der Waals surface area contributed by atoms with Crippen LogP contribution in [-0.4, -0.2) is 15.1 Å². The molecule has 0 radical (unpaired) electrons. The van der Waals surface area contributed by atoms with Crippen LogP contribution in [0.15, 0.2) is 42.7 Å². The highest BCUT2D eigenvalue weighted by molar-refractivity contribution is 6.31. The lowest BCUT2D eigenvalue weighted by molar-refractivity contribution is 0.468. The second-order valence-corrected chi connectivity index (χ2v) is 5.22. The lowest BCUT2D eigenvalue weighted by Gasteiger charge is -2.11. The van der Waals surface area contributed by atoms with E-state index in [-0.39, 0.29) is 5.75 Å². The summed E-state index contributed by atoms with van der Waals surface area (Å²) in [4.78, 5) is 8.60. The summed E-state index contributed by atoms with van der Waals surface area (Å²) in [5.74, 6) is 0.232. The summed E-state index contributed by atoms with van der Waals surface area (Å²) < 4.78 is 0. The number of aryl methyl sites for hydroxylation is 1. The van der Waals surface area contributed by atoms with E-state index in [4.69, 9.17) is 11.6 Å². The highest BCUT2D eigenvalue weighted by atomic mass is 35.5. The van der Waals surface area contributed by atoms with Crippen molar-refractivity contribution in [3.63, 3.8) is 0 Å². The first-order valence-electron chi connectivity index (χ1n) is 6.57. The molecule has 0 aliphatic carbocycles. The molecule has 0 bridgehead atoms. The first kappa shape index (κ1) is 13.6. The molecule has 0 spiro atoms. The first-order valence-corrected chi connectivity index (χ1v) is 6.94. The molecule has 2 N–H and O–H groups in total. The molecule has 106 valence electrons. The molecule has 0 saturated heterocycles. The topological polar surface area (TPSA) is 58.0 Å². The number of aromatic nitrogens is 2. The number of halogens is 1. The molecule has 0 atom stereocenters. The number of fused-ring (bicyclic) bond motifs is 1. The van der Waals surface area contributed by atoms with Gasteiger partial charge in [0.2, 0.25) is 0 Å². The largest absolute Gasteiger partial charge is 0.508 e. The molecule has 1 heterocycles. The molecule has 0 aliphatic rings. The molecule has 5 heteroatoms. The minimum Gasteiger partial charge on any atom is -0.508 e. The summed E-state index contributed by atoms with van der Waals surface area (Å²) in [6.07, 6.45) is 3.32. The van der Waals surface area contributed by atoms with Gasteiger partial charge >= 0.3 is 0 Å². The Morgan fingerprint density at radius 1 is 1.19 bits per heavy atom.